The Morgan fingerprint density at radius 2 is 1.88 bits per heavy atom. The highest BCUT2D eigenvalue weighted by molar-refractivity contribution is 6.31. The van der Waals surface area contributed by atoms with Crippen LogP contribution >= 0.6 is 23.2 Å². The fourth-order valence-electron chi connectivity index (χ4n) is 2.55. The number of benzene rings is 1. The van der Waals surface area contributed by atoms with Crippen LogP contribution < -0.4 is 5.56 Å². The number of rotatable bonds is 7. The van der Waals surface area contributed by atoms with E-state index in [9.17, 15) is 14.4 Å². The number of likely N-dealkylation sites (N-methyl/N-ethyl adjacent to an activating group) is 1. The molecule has 0 saturated carbocycles. The summed E-state index contributed by atoms with van der Waals surface area (Å²) < 4.78 is 1.08. The topological polar surface area (TPSA) is 59.4 Å². The first kappa shape index (κ1) is 20.2. The van der Waals surface area contributed by atoms with E-state index in [2.05, 4.69) is 0 Å². The Bertz CT molecular complexity index is 864. The van der Waals surface area contributed by atoms with Crippen molar-refractivity contribution in [1.82, 2.24) is 9.47 Å². The van der Waals surface area contributed by atoms with Crippen molar-refractivity contribution in [1.29, 1.82) is 0 Å². The molecule has 0 bridgehead atoms. The van der Waals surface area contributed by atoms with Crippen LogP contribution in [0.2, 0.25) is 10.0 Å². The first-order valence-electron chi connectivity index (χ1n) is 8.27. The molecule has 0 radical (unpaired) electrons. The summed E-state index contributed by atoms with van der Waals surface area (Å²) in [6, 6.07) is 7.63. The van der Waals surface area contributed by atoms with Gasteiger partial charge in [-0.3, -0.25) is 19.0 Å². The molecular weight excluding hydrogens is 375 g/mol. The maximum atomic E-state index is 13.1. The number of ketones is 1. The first-order valence-corrected chi connectivity index (χ1v) is 9.03. The van der Waals surface area contributed by atoms with E-state index in [1.807, 2.05) is 6.92 Å². The Morgan fingerprint density at radius 3 is 2.54 bits per heavy atom. The van der Waals surface area contributed by atoms with Crippen molar-refractivity contribution >= 4 is 34.9 Å². The van der Waals surface area contributed by atoms with Gasteiger partial charge in [0.15, 0.2) is 11.8 Å². The van der Waals surface area contributed by atoms with E-state index in [-0.39, 0.29) is 10.6 Å². The number of Topliss-reactive ketones (excluding diaryl/α,β-unsaturated/α-hetero) is 1. The molecule has 26 heavy (non-hydrogen) atoms. The van der Waals surface area contributed by atoms with Gasteiger partial charge in [0.05, 0.1) is 5.02 Å². The molecule has 5 nitrogen and oxygen atoms in total. The molecule has 1 heterocycles. The van der Waals surface area contributed by atoms with Gasteiger partial charge in [-0.1, -0.05) is 48.7 Å². The zero-order valence-corrected chi connectivity index (χ0v) is 16.1. The first-order chi connectivity index (χ1) is 12.3. The number of amides is 1. The van der Waals surface area contributed by atoms with Crippen LogP contribution in [0.15, 0.2) is 47.4 Å². The second-order valence-corrected chi connectivity index (χ2v) is 6.86. The lowest BCUT2D eigenvalue weighted by atomic mass is 10.0. The van der Waals surface area contributed by atoms with E-state index in [1.165, 1.54) is 29.3 Å². The second kappa shape index (κ2) is 9.01. The summed E-state index contributed by atoms with van der Waals surface area (Å²) in [4.78, 5) is 39.8. The van der Waals surface area contributed by atoms with Crippen LogP contribution in [0, 0.1) is 0 Å². The molecule has 2 aromatic rings. The van der Waals surface area contributed by atoms with Crippen molar-refractivity contribution in [2.45, 2.75) is 25.8 Å². The Labute approximate surface area is 162 Å². The molecular formula is C19H20Cl2N2O3. The van der Waals surface area contributed by atoms with Gasteiger partial charge < -0.3 is 4.90 Å². The van der Waals surface area contributed by atoms with E-state index >= 15 is 0 Å². The zero-order chi connectivity index (χ0) is 19.3. The van der Waals surface area contributed by atoms with Crippen molar-refractivity contribution in [2.75, 3.05) is 13.6 Å². The average molecular weight is 395 g/mol. The van der Waals surface area contributed by atoms with Crippen LogP contribution in [0.5, 0.6) is 0 Å². The summed E-state index contributed by atoms with van der Waals surface area (Å²) in [5.41, 5.74) is -0.223. The molecule has 0 unspecified atom stereocenters. The predicted molar refractivity (Wildman–Crippen MR) is 103 cm³/mol. The standard InChI is InChI=1S/C19H20Cl2N2O3/c1-3-4-10-22(2)19(26)17(23-12-15(21)8-9-16(23)24)18(25)13-6-5-7-14(20)11-13/h5-9,11-12,17H,3-4,10H2,1-2H3/t17-/m1/s1. The van der Waals surface area contributed by atoms with Crippen LogP contribution in [-0.4, -0.2) is 34.7 Å². The lowest BCUT2D eigenvalue weighted by Crippen LogP contribution is -2.42. The summed E-state index contributed by atoms with van der Waals surface area (Å²) in [6.07, 6.45) is 3.01. The van der Waals surface area contributed by atoms with Gasteiger partial charge in [0.25, 0.3) is 11.5 Å². The van der Waals surface area contributed by atoms with Gasteiger partial charge in [0, 0.05) is 36.4 Å². The normalized spacial score (nSPS) is 11.8. The Hall–Kier alpha value is -2.11. The second-order valence-electron chi connectivity index (χ2n) is 5.98. The predicted octanol–water partition coefficient (Wildman–Crippen LogP) is 3.84. The molecule has 0 N–H and O–H groups in total. The van der Waals surface area contributed by atoms with Gasteiger partial charge in [0.1, 0.15) is 0 Å². The fourth-order valence-corrected chi connectivity index (χ4v) is 2.91. The summed E-state index contributed by atoms with van der Waals surface area (Å²) in [7, 11) is 1.62. The number of hydrogen-bond donors (Lipinski definition) is 0. The molecule has 0 aliphatic carbocycles. The highest BCUT2D eigenvalue weighted by Gasteiger charge is 2.32. The van der Waals surface area contributed by atoms with E-state index in [4.69, 9.17) is 23.2 Å². The Morgan fingerprint density at radius 1 is 1.15 bits per heavy atom. The highest BCUT2D eigenvalue weighted by atomic mass is 35.5. The number of carbonyl (C=O) groups is 2. The SMILES string of the molecule is CCCCN(C)C(=O)[C@@H](C(=O)c1cccc(Cl)c1)n1cc(Cl)ccc1=O. The molecule has 0 fully saturated rings. The summed E-state index contributed by atoms with van der Waals surface area (Å²) >= 11 is 12.0. The number of carbonyl (C=O) groups excluding carboxylic acids is 2. The minimum absolute atomic E-state index is 0.256. The van der Waals surface area contributed by atoms with Crippen LogP contribution in [0.4, 0.5) is 0 Å². The molecule has 0 saturated heterocycles. The number of unbranched alkanes of at least 4 members (excludes halogenated alkanes) is 1. The lowest BCUT2D eigenvalue weighted by molar-refractivity contribution is -0.132. The third kappa shape index (κ3) is 4.74. The molecule has 0 aliphatic heterocycles. The molecule has 1 aromatic carbocycles. The summed E-state index contributed by atoms with van der Waals surface area (Å²) in [5.74, 6) is -0.974. The molecule has 0 spiro atoms. The molecule has 2 rings (SSSR count). The molecule has 138 valence electrons. The zero-order valence-electron chi connectivity index (χ0n) is 14.6. The van der Waals surface area contributed by atoms with Crippen LogP contribution in [-0.2, 0) is 4.79 Å². The number of pyridine rings is 1. The largest absolute Gasteiger partial charge is 0.344 e. The van der Waals surface area contributed by atoms with Gasteiger partial charge in [-0.15, -0.1) is 0 Å². The minimum Gasteiger partial charge on any atom is -0.344 e. The van der Waals surface area contributed by atoms with Crippen molar-refractivity contribution in [3.05, 3.63) is 68.6 Å². The van der Waals surface area contributed by atoms with Crippen LogP contribution in [0.3, 0.4) is 0 Å². The van der Waals surface area contributed by atoms with E-state index in [0.29, 0.717) is 11.6 Å². The van der Waals surface area contributed by atoms with Gasteiger partial charge in [-0.2, -0.15) is 0 Å². The summed E-state index contributed by atoms with van der Waals surface area (Å²) in [6.45, 7) is 2.50. The quantitative estimate of drug-likeness (QED) is 0.529. The maximum absolute atomic E-state index is 13.1. The molecule has 0 aliphatic rings. The van der Waals surface area contributed by atoms with Crippen molar-refractivity contribution in [3.63, 3.8) is 0 Å². The highest BCUT2D eigenvalue weighted by Crippen LogP contribution is 2.20. The number of halogens is 2. The average Bonchev–Trinajstić information content (AvgIpc) is 2.62. The van der Waals surface area contributed by atoms with Crippen molar-refractivity contribution in [3.8, 4) is 0 Å². The molecule has 1 amide bonds. The van der Waals surface area contributed by atoms with E-state index < -0.39 is 23.3 Å². The van der Waals surface area contributed by atoms with E-state index in [0.717, 1.165) is 17.4 Å². The fraction of sp³-hybridized carbons (Fsp3) is 0.316. The molecule has 1 atom stereocenters. The number of aromatic nitrogens is 1. The van der Waals surface area contributed by atoms with Crippen molar-refractivity contribution in [2.24, 2.45) is 0 Å². The van der Waals surface area contributed by atoms with Crippen LogP contribution in [0.1, 0.15) is 36.2 Å². The van der Waals surface area contributed by atoms with Gasteiger partial charge >= 0.3 is 0 Å². The Kier molecular flexibility index (Phi) is 7.00. The monoisotopic (exact) mass is 394 g/mol. The summed E-state index contributed by atoms with van der Waals surface area (Å²) in [5, 5.41) is 0.636. The van der Waals surface area contributed by atoms with Gasteiger partial charge in [-0.05, 0) is 24.6 Å². The molecule has 7 heteroatoms. The van der Waals surface area contributed by atoms with Gasteiger partial charge in [0.2, 0.25) is 0 Å². The third-order valence-electron chi connectivity index (χ3n) is 3.99. The number of hydrogen-bond acceptors (Lipinski definition) is 3. The third-order valence-corrected chi connectivity index (χ3v) is 4.45. The van der Waals surface area contributed by atoms with E-state index in [1.54, 1.807) is 25.2 Å². The smallest absolute Gasteiger partial charge is 0.253 e. The maximum Gasteiger partial charge on any atom is 0.253 e. The number of nitrogens with zero attached hydrogens (tertiary/aromatic N) is 2. The van der Waals surface area contributed by atoms with Gasteiger partial charge in [-0.25, -0.2) is 0 Å². The minimum atomic E-state index is -1.33. The lowest BCUT2D eigenvalue weighted by Gasteiger charge is -2.24. The Balaban J connectivity index is 2.51. The molecule has 1 aromatic heterocycles. The van der Waals surface area contributed by atoms with Crippen LogP contribution in [0.25, 0.3) is 0 Å². The van der Waals surface area contributed by atoms with Crippen molar-refractivity contribution < 1.29 is 9.59 Å².